The summed E-state index contributed by atoms with van der Waals surface area (Å²) in [6.45, 7) is 2.19. The number of aromatic nitrogens is 2. The van der Waals surface area contributed by atoms with Gasteiger partial charge in [0.1, 0.15) is 17.2 Å². The van der Waals surface area contributed by atoms with Crippen molar-refractivity contribution in [2.24, 2.45) is 0 Å². The van der Waals surface area contributed by atoms with Gasteiger partial charge in [-0.2, -0.15) is 0 Å². The smallest absolute Gasteiger partial charge is 0.133 e. The van der Waals surface area contributed by atoms with Crippen molar-refractivity contribution in [3.63, 3.8) is 0 Å². The first-order valence-corrected chi connectivity index (χ1v) is 7.44. The van der Waals surface area contributed by atoms with Gasteiger partial charge in [-0.1, -0.05) is 0 Å². The van der Waals surface area contributed by atoms with Crippen LogP contribution in [0.2, 0.25) is 0 Å². The van der Waals surface area contributed by atoms with Crippen molar-refractivity contribution in [2.75, 3.05) is 24.2 Å². The van der Waals surface area contributed by atoms with Crippen molar-refractivity contribution in [1.82, 2.24) is 15.3 Å². The van der Waals surface area contributed by atoms with Crippen LogP contribution in [0.3, 0.4) is 0 Å². The predicted molar refractivity (Wildman–Crippen MR) is 70.6 cm³/mol. The van der Waals surface area contributed by atoms with E-state index in [4.69, 9.17) is 0 Å². The van der Waals surface area contributed by atoms with Crippen LogP contribution in [0.1, 0.15) is 19.3 Å². The molecule has 2 bridgehead atoms. The quantitative estimate of drug-likeness (QED) is 0.637. The summed E-state index contributed by atoms with van der Waals surface area (Å²) in [5.74, 6) is 1.08. The summed E-state index contributed by atoms with van der Waals surface area (Å²) in [4.78, 5) is 11.0. The second kappa shape index (κ2) is 4.82. The molecule has 3 rings (SSSR count). The van der Waals surface area contributed by atoms with Crippen LogP contribution in [-0.4, -0.2) is 41.4 Å². The minimum absolute atomic E-state index is 0.648. The highest BCUT2D eigenvalue weighted by Gasteiger charge is 2.29. The van der Waals surface area contributed by atoms with E-state index in [0.29, 0.717) is 6.04 Å². The maximum absolute atomic E-state index is 4.41. The van der Waals surface area contributed by atoms with Crippen molar-refractivity contribution in [1.29, 1.82) is 0 Å². The molecule has 2 unspecified atom stereocenters. The summed E-state index contributed by atoms with van der Waals surface area (Å²) in [5, 5.41) is 4.74. The molecule has 3 heterocycles. The number of rotatable bonds is 2. The van der Waals surface area contributed by atoms with Crippen LogP contribution >= 0.6 is 11.8 Å². The van der Waals surface area contributed by atoms with E-state index in [0.717, 1.165) is 30.0 Å². The monoisotopic (exact) mass is 250 g/mol. The SMILES string of the molecule is CSc1cc(N2CCC3CCC(C2)N3)ncn1. The zero-order valence-corrected chi connectivity index (χ0v) is 10.9. The fourth-order valence-corrected chi connectivity index (χ4v) is 3.14. The summed E-state index contributed by atoms with van der Waals surface area (Å²) >= 11 is 1.67. The first kappa shape index (κ1) is 11.3. The zero-order chi connectivity index (χ0) is 11.7. The molecule has 0 saturated carbocycles. The lowest BCUT2D eigenvalue weighted by Gasteiger charge is -2.25. The van der Waals surface area contributed by atoms with Crippen LogP contribution in [0.4, 0.5) is 5.82 Å². The summed E-state index contributed by atoms with van der Waals surface area (Å²) in [6.07, 6.45) is 7.62. The molecule has 0 spiro atoms. The Bertz CT molecular complexity index is 398. The van der Waals surface area contributed by atoms with Gasteiger partial charge in [-0.3, -0.25) is 0 Å². The van der Waals surface area contributed by atoms with Gasteiger partial charge in [0, 0.05) is 31.2 Å². The fourth-order valence-electron chi connectivity index (χ4n) is 2.77. The lowest BCUT2D eigenvalue weighted by atomic mass is 10.1. The average molecular weight is 250 g/mol. The molecule has 1 aromatic heterocycles. The van der Waals surface area contributed by atoms with Crippen LogP contribution in [0.25, 0.3) is 0 Å². The molecule has 2 aliphatic rings. The zero-order valence-electron chi connectivity index (χ0n) is 10.1. The molecule has 0 radical (unpaired) electrons. The molecule has 92 valence electrons. The topological polar surface area (TPSA) is 41.0 Å². The third-order valence-electron chi connectivity index (χ3n) is 3.68. The van der Waals surface area contributed by atoms with Crippen molar-refractivity contribution in [3.8, 4) is 0 Å². The second-order valence-electron chi connectivity index (χ2n) is 4.79. The summed E-state index contributed by atoms with van der Waals surface area (Å²) < 4.78 is 0. The van der Waals surface area contributed by atoms with Crippen LogP contribution in [0, 0.1) is 0 Å². The first-order chi connectivity index (χ1) is 8.35. The van der Waals surface area contributed by atoms with Gasteiger partial charge in [0.2, 0.25) is 0 Å². The third-order valence-corrected chi connectivity index (χ3v) is 4.33. The molecule has 2 aliphatic heterocycles. The normalized spacial score (nSPS) is 28.2. The molecule has 5 heteroatoms. The maximum atomic E-state index is 4.41. The van der Waals surface area contributed by atoms with E-state index < -0.39 is 0 Å². The van der Waals surface area contributed by atoms with E-state index in [9.17, 15) is 0 Å². The molecule has 0 aliphatic carbocycles. The van der Waals surface area contributed by atoms with Gasteiger partial charge in [0.15, 0.2) is 0 Å². The largest absolute Gasteiger partial charge is 0.355 e. The fraction of sp³-hybridized carbons (Fsp3) is 0.667. The highest BCUT2D eigenvalue weighted by Crippen LogP contribution is 2.24. The van der Waals surface area contributed by atoms with E-state index in [2.05, 4.69) is 32.5 Å². The van der Waals surface area contributed by atoms with Gasteiger partial charge in [0.25, 0.3) is 0 Å². The van der Waals surface area contributed by atoms with Crippen molar-refractivity contribution < 1.29 is 0 Å². The highest BCUT2D eigenvalue weighted by molar-refractivity contribution is 7.98. The molecular weight excluding hydrogens is 232 g/mol. The lowest BCUT2D eigenvalue weighted by molar-refractivity contribution is 0.563. The Morgan fingerprint density at radius 1 is 1.29 bits per heavy atom. The Hall–Kier alpha value is -0.810. The molecule has 1 N–H and O–H groups in total. The number of nitrogens with zero attached hydrogens (tertiary/aromatic N) is 3. The molecule has 17 heavy (non-hydrogen) atoms. The number of nitrogens with one attached hydrogen (secondary N) is 1. The maximum Gasteiger partial charge on any atom is 0.133 e. The van der Waals surface area contributed by atoms with Gasteiger partial charge < -0.3 is 10.2 Å². The molecule has 0 aromatic carbocycles. The Kier molecular flexibility index (Phi) is 3.20. The van der Waals surface area contributed by atoms with Crippen LogP contribution in [-0.2, 0) is 0 Å². The molecule has 0 amide bonds. The van der Waals surface area contributed by atoms with Gasteiger partial charge in [0.05, 0.1) is 0 Å². The predicted octanol–water partition coefficient (Wildman–Crippen LogP) is 1.53. The number of fused-ring (bicyclic) bond motifs is 2. The highest BCUT2D eigenvalue weighted by atomic mass is 32.2. The first-order valence-electron chi connectivity index (χ1n) is 6.22. The van der Waals surface area contributed by atoms with Gasteiger partial charge in [-0.25, -0.2) is 9.97 Å². The molecular formula is C12H18N4S. The van der Waals surface area contributed by atoms with Gasteiger partial charge in [-0.15, -0.1) is 11.8 Å². The minimum Gasteiger partial charge on any atom is -0.355 e. The van der Waals surface area contributed by atoms with E-state index in [1.165, 1.54) is 19.3 Å². The third kappa shape index (κ3) is 2.40. The standard InChI is InChI=1S/C12H18N4S/c1-17-12-6-11(13-8-14-12)16-5-4-9-2-3-10(7-16)15-9/h6,8-10,15H,2-5,7H2,1H3. The minimum atomic E-state index is 0.648. The van der Waals surface area contributed by atoms with Crippen molar-refractivity contribution >= 4 is 17.6 Å². The van der Waals surface area contributed by atoms with E-state index in [1.807, 2.05) is 0 Å². The van der Waals surface area contributed by atoms with Crippen molar-refractivity contribution in [2.45, 2.75) is 36.4 Å². The Labute approximate surface area is 106 Å². The molecule has 4 nitrogen and oxygen atoms in total. The summed E-state index contributed by atoms with van der Waals surface area (Å²) in [6, 6.07) is 3.48. The molecule has 2 saturated heterocycles. The van der Waals surface area contributed by atoms with Crippen LogP contribution < -0.4 is 10.2 Å². The second-order valence-corrected chi connectivity index (χ2v) is 5.62. The van der Waals surface area contributed by atoms with Crippen molar-refractivity contribution in [3.05, 3.63) is 12.4 Å². The van der Waals surface area contributed by atoms with E-state index in [1.54, 1.807) is 18.1 Å². The number of thioether (sulfide) groups is 1. The summed E-state index contributed by atoms with van der Waals surface area (Å²) in [5.41, 5.74) is 0. The Morgan fingerprint density at radius 3 is 3.06 bits per heavy atom. The molecule has 2 fully saturated rings. The Morgan fingerprint density at radius 2 is 2.18 bits per heavy atom. The number of anilines is 1. The van der Waals surface area contributed by atoms with E-state index in [-0.39, 0.29) is 0 Å². The average Bonchev–Trinajstić information content (AvgIpc) is 2.69. The van der Waals surface area contributed by atoms with Crippen LogP contribution in [0.15, 0.2) is 17.4 Å². The van der Waals surface area contributed by atoms with Gasteiger partial charge >= 0.3 is 0 Å². The van der Waals surface area contributed by atoms with Gasteiger partial charge in [-0.05, 0) is 25.5 Å². The number of hydrogen-bond acceptors (Lipinski definition) is 5. The molecule has 1 aromatic rings. The Balaban J connectivity index is 1.78. The lowest BCUT2D eigenvalue weighted by Crippen LogP contribution is -2.35. The van der Waals surface area contributed by atoms with Crippen LogP contribution in [0.5, 0.6) is 0 Å². The number of hydrogen-bond donors (Lipinski definition) is 1. The van der Waals surface area contributed by atoms with E-state index >= 15 is 0 Å². The summed E-state index contributed by atoms with van der Waals surface area (Å²) in [7, 11) is 0. The molecule has 2 atom stereocenters.